The molecule has 32 heavy (non-hydrogen) atoms. The highest BCUT2D eigenvalue weighted by Gasteiger charge is 2.76. The first-order valence-corrected chi connectivity index (χ1v) is 15.4. The van der Waals surface area contributed by atoms with Crippen LogP contribution >= 0.6 is 0 Å². The molecular formula is C25H42O6Si. The number of ether oxygens (including phenoxy) is 3. The van der Waals surface area contributed by atoms with Crippen molar-refractivity contribution in [1.82, 2.24) is 0 Å². The highest BCUT2D eigenvalue weighted by Crippen LogP contribution is 2.73. The fourth-order valence-electron chi connectivity index (χ4n) is 7.13. The average molecular weight is 467 g/mol. The molecule has 0 radical (unpaired) electrons. The molecule has 7 heteroatoms. The third kappa shape index (κ3) is 3.45. The second-order valence-electron chi connectivity index (χ2n) is 12.0. The van der Waals surface area contributed by atoms with Gasteiger partial charge in [0.15, 0.2) is 14.6 Å². The van der Waals surface area contributed by atoms with Crippen molar-refractivity contribution in [1.29, 1.82) is 0 Å². The minimum absolute atomic E-state index is 0.0241. The van der Waals surface area contributed by atoms with E-state index in [1.165, 1.54) is 0 Å². The van der Waals surface area contributed by atoms with Crippen LogP contribution in [0.4, 0.5) is 0 Å². The lowest BCUT2D eigenvalue weighted by Crippen LogP contribution is -2.60. The van der Waals surface area contributed by atoms with Crippen molar-refractivity contribution in [3.63, 3.8) is 0 Å². The lowest BCUT2D eigenvalue weighted by Gasteiger charge is -2.53. The van der Waals surface area contributed by atoms with Gasteiger partial charge in [-0.15, -0.1) is 0 Å². The Morgan fingerprint density at radius 2 is 1.91 bits per heavy atom. The topological polar surface area (TPSA) is 71.1 Å². The zero-order valence-corrected chi connectivity index (χ0v) is 22.0. The van der Waals surface area contributed by atoms with Crippen molar-refractivity contribution in [3.8, 4) is 0 Å². The third-order valence-corrected chi connectivity index (χ3v) is 14.0. The summed E-state index contributed by atoms with van der Waals surface area (Å²) in [6.07, 6.45) is 2.84. The van der Waals surface area contributed by atoms with E-state index in [0.717, 1.165) is 12.8 Å². The Morgan fingerprint density at radius 3 is 2.53 bits per heavy atom. The van der Waals surface area contributed by atoms with Gasteiger partial charge in [-0.1, -0.05) is 20.8 Å². The molecule has 5 fully saturated rings. The van der Waals surface area contributed by atoms with Crippen molar-refractivity contribution in [2.24, 2.45) is 34.5 Å². The van der Waals surface area contributed by atoms with E-state index in [4.69, 9.17) is 18.6 Å². The van der Waals surface area contributed by atoms with Crippen LogP contribution in [0.2, 0.25) is 18.1 Å². The standard InChI is InChI=1S/C25H42O6Si/c1-8-28-19-12-24(15-30-19)14-25(22(27)29-9-2)17-11-10-16(21(26)20(17)24)18(25)13-31-32(6,7)23(3,4)5/h16-20H,8-15H2,1-7H3/t16-,17-,18-,19-,20-,24+,25-/m0/s1. The molecule has 4 bridgehead atoms. The molecule has 0 aromatic heterocycles. The lowest BCUT2D eigenvalue weighted by atomic mass is 9.50. The first kappa shape index (κ1) is 24.4. The number of hydrogen-bond acceptors (Lipinski definition) is 6. The van der Waals surface area contributed by atoms with Crippen LogP contribution in [0.1, 0.15) is 60.3 Å². The highest BCUT2D eigenvalue weighted by atomic mass is 28.4. The van der Waals surface area contributed by atoms with Crippen molar-refractivity contribution < 1.29 is 28.2 Å². The molecule has 5 rings (SSSR count). The molecule has 1 heterocycles. The predicted octanol–water partition coefficient (Wildman–Crippen LogP) is 4.57. The molecule has 0 aromatic carbocycles. The second kappa shape index (κ2) is 8.17. The molecule has 1 spiro atoms. The molecule has 7 atom stereocenters. The number of esters is 1. The number of rotatable bonds is 7. The van der Waals surface area contributed by atoms with E-state index in [0.29, 0.717) is 45.1 Å². The van der Waals surface area contributed by atoms with Gasteiger partial charge in [-0.2, -0.15) is 0 Å². The Bertz CT molecular complexity index is 760. The number of hydrogen-bond donors (Lipinski definition) is 0. The lowest BCUT2D eigenvalue weighted by molar-refractivity contribution is -0.179. The molecule has 5 aliphatic rings. The van der Waals surface area contributed by atoms with Crippen LogP contribution in [0, 0.1) is 34.5 Å². The summed E-state index contributed by atoms with van der Waals surface area (Å²) in [4.78, 5) is 27.5. The van der Waals surface area contributed by atoms with Crippen molar-refractivity contribution in [2.75, 3.05) is 26.4 Å². The second-order valence-corrected chi connectivity index (χ2v) is 16.9. The van der Waals surface area contributed by atoms with Crippen LogP contribution in [0.3, 0.4) is 0 Å². The number of carbonyl (C=O) groups is 2. The molecule has 0 N–H and O–H groups in total. The molecule has 1 saturated heterocycles. The van der Waals surface area contributed by atoms with Gasteiger partial charge in [0.2, 0.25) is 0 Å². The smallest absolute Gasteiger partial charge is 0.312 e. The summed E-state index contributed by atoms with van der Waals surface area (Å²) < 4.78 is 24.2. The minimum Gasteiger partial charge on any atom is -0.466 e. The summed E-state index contributed by atoms with van der Waals surface area (Å²) in [7, 11) is -2.02. The van der Waals surface area contributed by atoms with Gasteiger partial charge < -0.3 is 18.6 Å². The van der Waals surface area contributed by atoms with Crippen LogP contribution in [-0.2, 0) is 28.2 Å². The molecule has 0 amide bonds. The van der Waals surface area contributed by atoms with Crippen LogP contribution < -0.4 is 0 Å². The number of Topliss-reactive ketones (excluding diaryl/α,β-unsaturated/α-hetero) is 1. The van der Waals surface area contributed by atoms with Crippen molar-refractivity contribution >= 4 is 20.1 Å². The average Bonchev–Trinajstić information content (AvgIpc) is 3.22. The van der Waals surface area contributed by atoms with Gasteiger partial charge in [0, 0.05) is 42.8 Å². The first-order valence-electron chi connectivity index (χ1n) is 12.5. The maximum atomic E-state index is 13.8. The predicted molar refractivity (Wildman–Crippen MR) is 123 cm³/mol. The van der Waals surface area contributed by atoms with E-state index in [1.807, 2.05) is 13.8 Å². The van der Waals surface area contributed by atoms with Gasteiger partial charge in [0.25, 0.3) is 0 Å². The minimum atomic E-state index is -2.02. The Morgan fingerprint density at radius 1 is 1.19 bits per heavy atom. The van der Waals surface area contributed by atoms with E-state index in [-0.39, 0.29) is 46.4 Å². The van der Waals surface area contributed by atoms with Gasteiger partial charge in [-0.3, -0.25) is 9.59 Å². The molecule has 182 valence electrons. The van der Waals surface area contributed by atoms with Gasteiger partial charge in [0.05, 0.1) is 18.6 Å². The molecule has 4 aliphatic carbocycles. The normalized spacial score (nSPS) is 41.0. The Kier molecular flexibility index (Phi) is 6.22. The van der Waals surface area contributed by atoms with E-state index in [1.54, 1.807) is 0 Å². The number of ketones is 1. The van der Waals surface area contributed by atoms with Crippen molar-refractivity contribution in [2.45, 2.75) is 84.7 Å². The number of fused-ring (bicyclic) bond motifs is 1. The fourth-order valence-corrected chi connectivity index (χ4v) is 8.16. The third-order valence-electron chi connectivity index (χ3n) is 9.54. The van der Waals surface area contributed by atoms with E-state index in [2.05, 4.69) is 33.9 Å². The Balaban J connectivity index is 1.71. The summed E-state index contributed by atoms with van der Waals surface area (Å²) in [5, 5.41) is 0.0746. The summed E-state index contributed by atoms with van der Waals surface area (Å²) in [5.74, 6) is -0.110. The molecule has 1 aliphatic heterocycles. The van der Waals surface area contributed by atoms with Crippen LogP contribution in [0.5, 0.6) is 0 Å². The maximum Gasteiger partial charge on any atom is 0.312 e. The fraction of sp³-hybridized carbons (Fsp3) is 0.920. The van der Waals surface area contributed by atoms with Crippen LogP contribution in [0.15, 0.2) is 0 Å². The molecule has 4 saturated carbocycles. The maximum absolute atomic E-state index is 13.8. The monoisotopic (exact) mass is 466 g/mol. The zero-order chi connectivity index (χ0) is 23.5. The Hall–Kier alpha value is -0.763. The largest absolute Gasteiger partial charge is 0.466 e. The SMILES string of the molecule is CCOC(=O)[C@@]12C[C@]3(CO[C@H](OCC)C3)[C@@H]3C(=O)[C@@H](CC[C@@H]31)[C@@H]2CO[Si](C)(C)C(C)(C)C. The highest BCUT2D eigenvalue weighted by molar-refractivity contribution is 6.74. The summed E-state index contributed by atoms with van der Waals surface area (Å²) in [6.45, 7) is 16.9. The van der Waals surface area contributed by atoms with Gasteiger partial charge in [0.1, 0.15) is 5.78 Å². The van der Waals surface area contributed by atoms with E-state index in [9.17, 15) is 9.59 Å². The summed E-state index contributed by atoms with van der Waals surface area (Å²) >= 11 is 0. The van der Waals surface area contributed by atoms with Gasteiger partial charge in [-0.05, 0) is 57.2 Å². The summed E-state index contributed by atoms with van der Waals surface area (Å²) in [6, 6.07) is 0. The van der Waals surface area contributed by atoms with E-state index >= 15 is 0 Å². The first-order chi connectivity index (χ1) is 14.9. The van der Waals surface area contributed by atoms with Crippen molar-refractivity contribution in [3.05, 3.63) is 0 Å². The molecule has 6 nitrogen and oxygen atoms in total. The molecular weight excluding hydrogens is 424 g/mol. The zero-order valence-electron chi connectivity index (χ0n) is 21.0. The Labute approximate surface area is 194 Å². The van der Waals surface area contributed by atoms with E-state index < -0.39 is 13.7 Å². The molecule has 0 unspecified atom stereocenters. The van der Waals surface area contributed by atoms with Crippen LogP contribution in [-0.4, -0.2) is 52.8 Å². The van der Waals surface area contributed by atoms with Gasteiger partial charge >= 0.3 is 5.97 Å². The number of carbonyl (C=O) groups excluding carboxylic acids is 2. The van der Waals surface area contributed by atoms with Gasteiger partial charge in [-0.25, -0.2) is 0 Å². The van der Waals surface area contributed by atoms with Crippen LogP contribution in [0.25, 0.3) is 0 Å². The summed E-state index contributed by atoms with van der Waals surface area (Å²) in [5.41, 5.74) is -0.969. The quantitative estimate of drug-likeness (QED) is 0.404. The molecule has 0 aromatic rings.